The second kappa shape index (κ2) is 8.40. The molecule has 0 N–H and O–H groups in total. The average molecular weight is 316 g/mol. The van der Waals surface area contributed by atoms with Gasteiger partial charge in [0.25, 0.3) is 0 Å². The van der Waals surface area contributed by atoms with E-state index in [1.807, 2.05) is 24.3 Å². The zero-order chi connectivity index (χ0) is 17.5. The number of allylic oxidation sites excluding steroid dienone is 3. The van der Waals surface area contributed by atoms with Crippen LogP contribution in [-0.4, -0.2) is 6.71 Å². The fourth-order valence-electron chi connectivity index (χ4n) is 2.61. The number of aryl methyl sites for hydroxylation is 2. The van der Waals surface area contributed by atoms with E-state index in [1.54, 1.807) is 0 Å². The van der Waals surface area contributed by atoms with Gasteiger partial charge >= 0.3 is 0 Å². The van der Waals surface area contributed by atoms with Crippen molar-refractivity contribution in [2.75, 3.05) is 0 Å². The van der Waals surface area contributed by atoms with Gasteiger partial charge in [0.15, 0.2) is 0 Å². The molecule has 0 saturated carbocycles. The molecule has 0 aliphatic carbocycles. The molecule has 0 amide bonds. The molecule has 0 heterocycles. The standard InChI is InChI=1S/C22H25BO/c1-17-10-6-8-12-21(17)16-24-20(4)15-14-19(3)23(5)22-13-9-7-11-18(22)2/h6-15H,3-4,16H2,1-2,5H3/b15-14-. The summed E-state index contributed by atoms with van der Waals surface area (Å²) in [5, 5.41) is 0. The summed E-state index contributed by atoms with van der Waals surface area (Å²) in [6.45, 7) is 15.4. The van der Waals surface area contributed by atoms with Crippen LogP contribution < -0.4 is 5.46 Å². The van der Waals surface area contributed by atoms with Gasteiger partial charge in [-0.05, 0) is 31.1 Å². The third-order valence-electron chi connectivity index (χ3n) is 4.37. The van der Waals surface area contributed by atoms with Crippen molar-refractivity contribution < 1.29 is 4.74 Å². The smallest absolute Gasteiger partial charge is 0.205 e. The van der Waals surface area contributed by atoms with Gasteiger partial charge in [-0.15, -0.1) is 6.58 Å². The highest BCUT2D eigenvalue weighted by Gasteiger charge is 2.13. The summed E-state index contributed by atoms with van der Waals surface area (Å²) in [7, 11) is 0. The highest BCUT2D eigenvalue weighted by atomic mass is 16.5. The molecular formula is C22H25BO. The topological polar surface area (TPSA) is 9.23 Å². The number of rotatable bonds is 7. The van der Waals surface area contributed by atoms with Gasteiger partial charge in [-0.1, -0.05) is 84.5 Å². The van der Waals surface area contributed by atoms with E-state index in [0.717, 1.165) is 5.47 Å². The minimum atomic E-state index is 0.270. The lowest BCUT2D eigenvalue weighted by molar-refractivity contribution is 0.212. The molecule has 0 atom stereocenters. The lowest BCUT2D eigenvalue weighted by atomic mass is 9.41. The van der Waals surface area contributed by atoms with Crippen molar-refractivity contribution >= 4 is 12.2 Å². The van der Waals surface area contributed by atoms with Crippen molar-refractivity contribution in [2.24, 2.45) is 0 Å². The first kappa shape index (κ1) is 17.9. The molecule has 0 saturated heterocycles. The Morgan fingerprint density at radius 2 is 1.58 bits per heavy atom. The van der Waals surface area contributed by atoms with Gasteiger partial charge in [-0.3, -0.25) is 0 Å². The second-order valence-corrected chi connectivity index (χ2v) is 6.17. The maximum absolute atomic E-state index is 5.75. The highest BCUT2D eigenvalue weighted by molar-refractivity contribution is 6.79. The summed E-state index contributed by atoms with van der Waals surface area (Å²) in [6.07, 6.45) is 3.90. The second-order valence-electron chi connectivity index (χ2n) is 6.17. The highest BCUT2D eigenvalue weighted by Crippen LogP contribution is 2.12. The van der Waals surface area contributed by atoms with Crippen LogP contribution in [0.2, 0.25) is 6.82 Å². The van der Waals surface area contributed by atoms with Gasteiger partial charge in [0.2, 0.25) is 6.71 Å². The van der Waals surface area contributed by atoms with Gasteiger partial charge in [0.05, 0.1) is 0 Å². The lowest BCUT2D eigenvalue weighted by Crippen LogP contribution is -2.30. The van der Waals surface area contributed by atoms with E-state index >= 15 is 0 Å². The minimum absolute atomic E-state index is 0.270. The van der Waals surface area contributed by atoms with Crippen LogP contribution in [0.1, 0.15) is 16.7 Å². The number of hydrogen-bond acceptors (Lipinski definition) is 1. The molecule has 0 fully saturated rings. The van der Waals surface area contributed by atoms with Crippen molar-refractivity contribution in [3.05, 3.63) is 102 Å². The molecule has 122 valence electrons. The predicted molar refractivity (Wildman–Crippen MR) is 106 cm³/mol. The van der Waals surface area contributed by atoms with Gasteiger partial charge < -0.3 is 4.74 Å². The molecule has 24 heavy (non-hydrogen) atoms. The molecule has 0 aliphatic rings. The Balaban J connectivity index is 1.92. The van der Waals surface area contributed by atoms with Crippen molar-refractivity contribution in [3.63, 3.8) is 0 Å². The van der Waals surface area contributed by atoms with Crippen LogP contribution in [-0.2, 0) is 11.3 Å². The van der Waals surface area contributed by atoms with Gasteiger partial charge in [-0.2, -0.15) is 0 Å². The maximum Gasteiger partial charge on any atom is 0.205 e. The van der Waals surface area contributed by atoms with E-state index < -0.39 is 0 Å². The largest absolute Gasteiger partial charge is 0.490 e. The van der Waals surface area contributed by atoms with Crippen molar-refractivity contribution in [2.45, 2.75) is 27.3 Å². The molecule has 2 aromatic carbocycles. The molecule has 0 unspecified atom stereocenters. The molecule has 2 aromatic rings. The van der Waals surface area contributed by atoms with Crippen molar-refractivity contribution in [1.82, 2.24) is 0 Å². The molecule has 0 bridgehead atoms. The van der Waals surface area contributed by atoms with E-state index in [9.17, 15) is 0 Å². The molecule has 0 spiro atoms. The Labute approximate surface area is 146 Å². The molecule has 0 aromatic heterocycles. The fraction of sp³-hybridized carbons (Fsp3) is 0.182. The Bertz CT molecular complexity index is 758. The first-order chi connectivity index (χ1) is 11.5. The summed E-state index contributed by atoms with van der Waals surface area (Å²) >= 11 is 0. The molecular weight excluding hydrogens is 291 g/mol. The normalized spacial score (nSPS) is 10.6. The van der Waals surface area contributed by atoms with Crippen LogP contribution in [0.4, 0.5) is 0 Å². The lowest BCUT2D eigenvalue weighted by Gasteiger charge is -2.12. The Morgan fingerprint density at radius 3 is 2.25 bits per heavy atom. The predicted octanol–water partition coefficient (Wildman–Crippen LogP) is 5.02. The van der Waals surface area contributed by atoms with Gasteiger partial charge in [0, 0.05) is 0 Å². The van der Waals surface area contributed by atoms with E-state index in [4.69, 9.17) is 4.74 Å². The number of benzene rings is 2. The Kier molecular flexibility index (Phi) is 6.25. The van der Waals surface area contributed by atoms with Crippen LogP contribution in [0.5, 0.6) is 0 Å². The fourth-order valence-corrected chi connectivity index (χ4v) is 2.61. The maximum atomic E-state index is 5.75. The van der Waals surface area contributed by atoms with E-state index in [2.05, 4.69) is 70.2 Å². The number of hydrogen-bond donors (Lipinski definition) is 0. The molecule has 2 heteroatoms. The third-order valence-corrected chi connectivity index (χ3v) is 4.37. The zero-order valence-corrected chi connectivity index (χ0v) is 14.9. The molecule has 0 radical (unpaired) electrons. The first-order valence-electron chi connectivity index (χ1n) is 8.27. The van der Waals surface area contributed by atoms with Crippen LogP contribution in [0.15, 0.2) is 85.1 Å². The van der Waals surface area contributed by atoms with Crippen molar-refractivity contribution in [3.8, 4) is 0 Å². The molecule has 0 aliphatic heterocycles. The van der Waals surface area contributed by atoms with E-state index in [-0.39, 0.29) is 6.71 Å². The van der Waals surface area contributed by atoms with Crippen LogP contribution in [0.25, 0.3) is 0 Å². The Morgan fingerprint density at radius 1 is 0.958 bits per heavy atom. The molecule has 2 rings (SSSR count). The van der Waals surface area contributed by atoms with E-state index in [0.29, 0.717) is 12.4 Å². The number of ether oxygens (including phenoxy) is 1. The minimum Gasteiger partial charge on any atom is -0.490 e. The van der Waals surface area contributed by atoms with Gasteiger partial charge in [-0.25, -0.2) is 0 Å². The van der Waals surface area contributed by atoms with Gasteiger partial charge in [0.1, 0.15) is 12.4 Å². The monoisotopic (exact) mass is 316 g/mol. The zero-order valence-electron chi connectivity index (χ0n) is 14.9. The summed E-state index contributed by atoms with van der Waals surface area (Å²) in [4.78, 5) is 0. The van der Waals surface area contributed by atoms with E-state index in [1.165, 1.54) is 22.2 Å². The first-order valence-corrected chi connectivity index (χ1v) is 8.27. The third kappa shape index (κ3) is 4.76. The SMILES string of the molecule is C=C(/C=C\C(=C)B(C)c1ccccc1C)OCc1ccccc1C. The summed E-state index contributed by atoms with van der Waals surface area (Å²) in [5.41, 5.74) is 6.05. The van der Waals surface area contributed by atoms with Crippen molar-refractivity contribution in [1.29, 1.82) is 0 Å². The summed E-state index contributed by atoms with van der Waals surface area (Å²) in [6, 6.07) is 16.6. The van der Waals surface area contributed by atoms with Crippen LogP contribution in [0, 0.1) is 13.8 Å². The summed E-state index contributed by atoms with van der Waals surface area (Å²) < 4.78 is 5.75. The summed E-state index contributed by atoms with van der Waals surface area (Å²) in [5.74, 6) is 0.649. The van der Waals surface area contributed by atoms with Crippen LogP contribution in [0.3, 0.4) is 0 Å². The quantitative estimate of drug-likeness (QED) is 0.396. The van der Waals surface area contributed by atoms with Crippen LogP contribution >= 0.6 is 0 Å². The average Bonchev–Trinajstić information content (AvgIpc) is 2.58. The Hall–Kier alpha value is -2.48. The molecule has 1 nitrogen and oxygen atoms in total.